The van der Waals surface area contributed by atoms with Crippen molar-refractivity contribution in [2.45, 2.75) is 44.6 Å². The molecular weight excluding hydrogens is 272 g/mol. The molecule has 1 fully saturated rings. The van der Waals surface area contributed by atoms with Crippen LogP contribution in [0.4, 0.5) is 0 Å². The Hall–Kier alpha value is 0.140. The lowest BCUT2D eigenvalue weighted by Gasteiger charge is -2.39. The number of aliphatic hydroxyl groups is 1. The lowest BCUT2D eigenvalue weighted by atomic mass is 9.73. The van der Waals surface area contributed by atoms with Crippen LogP contribution >= 0.6 is 27.3 Å². The van der Waals surface area contributed by atoms with Crippen LogP contribution in [0.15, 0.2) is 15.9 Å². The van der Waals surface area contributed by atoms with Gasteiger partial charge in [0.15, 0.2) is 0 Å². The summed E-state index contributed by atoms with van der Waals surface area (Å²) in [6.45, 7) is 2.18. The van der Waals surface area contributed by atoms with Gasteiger partial charge < -0.3 is 5.11 Å². The number of hydrogen-bond donors (Lipinski definition) is 1. The van der Waals surface area contributed by atoms with E-state index in [1.165, 1.54) is 6.42 Å². The molecule has 1 heterocycles. The van der Waals surface area contributed by atoms with Crippen molar-refractivity contribution in [2.75, 3.05) is 0 Å². The topological polar surface area (TPSA) is 20.2 Å². The summed E-state index contributed by atoms with van der Waals surface area (Å²) in [7, 11) is 0. The molecule has 1 N–H and O–H groups in total. The van der Waals surface area contributed by atoms with Crippen molar-refractivity contribution in [3.8, 4) is 0 Å². The highest BCUT2D eigenvalue weighted by Crippen LogP contribution is 2.47. The quantitative estimate of drug-likeness (QED) is 0.860. The average Bonchev–Trinajstić information content (AvgIpc) is 2.66. The maximum Gasteiger partial charge on any atom is 0.103 e. The fraction of sp³-hybridized carbons (Fsp3) is 0.667. The summed E-state index contributed by atoms with van der Waals surface area (Å²) in [4.78, 5) is 1.13. The van der Waals surface area contributed by atoms with Gasteiger partial charge in [-0.05, 0) is 46.1 Å². The van der Waals surface area contributed by atoms with Crippen molar-refractivity contribution in [2.24, 2.45) is 5.92 Å². The van der Waals surface area contributed by atoms with Gasteiger partial charge in [0.05, 0.1) is 4.88 Å². The van der Waals surface area contributed by atoms with E-state index in [0.29, 0.717) is 5.92 Å². The largest absolute Gasteiger partial charge is 0.384 e. The predicted molar refractivity (Wildman–Crippen MR) is 68.2 cm³/mol. The van der Waals surface area contributed by atoms with Gasteiger partial charge in [0.1, 0.15) is 5.60 Å². The Bertz CT molecular complexity index is 336. The molecule has 0 radical (unpaired) electrons. The van der Waals surface area contributed by atoms with Gasteiger partial charge in [-0.2, -0.15) is 0 Å². The van der Waals surface area contributed by atoms with Crippen molar-refractivity contribution in [3.05, 3.63) is 20.8 Å². The molecule has 1 aromatic heterocycles. The van der Waals surface area contributed by atoms with Gasteiger partial charge in [0, 0.05) is 4.47 Å². The molecule has 1 nitrogen and oxygen atoms in total. The van der Waals surface area contributed by atoms with Crippen molar-refractivity contribution in [3.63, 3.8) is 0 Å². The Labute approximate surface area is 104 Å². The van der Waals surface area contributed by atoms with Crippen LogP contribution in [0.5, 0.6) is 0 Å². The lowest BCUT2D eigenvalue weighted by molar-refractivity contribution is -0.0531. The summed E-state index contributed by atoms with van der Waals surface area (Å²) < 4.78 is 1.08. The summed E-state index contributed by atoms with van der Waals surface area (Å²) in [6, 6.07) is 2.04. The monoisotopic (exact) mass is 288 g/mol. The van der Waals surface area contributed by atoms with Gasteiger partial charge in [-0.1, -0.05) is 26.2 Å². The summed E-state index contributed by atoms with van der Waals surface area (Å²) in [6.07, 6.45) is 5.57. The molecule has 2 unspecified atom stereocenters. The Balaban J connectivity index is 2.34. The van der Waals surface area contributed by atoms with Gasteiger partial charge >= 0.3 is 0 Å². The molecule has 2 rings (SSSR count). The zero-order chi connectivity index (χ0) is 10.9. The smallest absolute Gasteiger partial charge is 0.103 e. The van der Waals surface area contributed by atoms with Crippen LogP contribution in [0.2, 0.25) is 0 Å². The molecule has 2 atom stereocenters. The normalized spacial score (nSPS) is 31.8. The zero-order valence-electron chi connectivity index (χ0n) is 9.00. The molecule has 0 aromatic carbocycles. The molecular formula is C12H17BrOS. The van der Waals surface area contributed by atoms with Gasteiger partial charge in [0.25, 0.3) is 0 Å². The number of hydrogen-bond acceptors (Lipinski definition) is 2. The third-order valence-electron chi connectivity index (χ3n) is 3.54. The SMILES string of the molecule is CCC1CCCCC1(O)c1sccc1Br. The lowest BCUT2D eigenvalue weighted by Crippen LogP contribution is -2.37. The minimum Gasteiger partial charge on any atom is -0.384 e. The van der Waals surface area contributed by atoms with Gasteiger partial charge in [-0.25, -0.2) is 0 Å². The second kappa shape index (κ2) is 4.56. The molecule has 1 saturated carbocycles. The molecule has 0 aliphatic heterocycles. The number of halogens is 1. The molecule has 84 valence electrons. The number of thiophene rings is 1. The van der Waals surface area contributed by atoms with Crippen LogP contribution in [0.25, 0.3) is 0 Å². The fourth-order valence-electron chi connectivity index (χ4n) is 2.67. The highest BCUT2D eigenvalue weighted by Gasteiger charge is 2.41. The summed E-state index contributed by atoms with van der Waals surface area (Å²) in [5.74, 6) is 0.432. The van der Waals surface area contributed by atoms with Gasteiger partial charge in [-0.15, -0.1) is 11.3 Å². The first-order chi connectivity index (χ1) is 7.18. The molecule has 1 aromatic rings. The average molecular weight is 289 g/mol. The van der Waals surface area contributed by atoms with E-state index in [2.05, 4.69) is 28.2 Å². The molecule has 1 aliphatic carbocycles. The van der Waals surface area contributed by atoms with Crippen molar-refractivity contribution in [1.82, 2.24) is 0 Å². The van der Waals surface area contributed by atoms with E-state index in [1.54, 1.807) is 11.3 Å². The second-order valence-corrected chi connectivity index (χ2v) is 6.14. The molecule has 0 amide bonds. The van der Waals surface area contributed by atoms with Crippen LogP contribution in [-0.4, -0.2) is 5.11 Å². The van der Waals surface area contributed by atoms with Crippen LogP contribution in [0.1, 0.15) is 43.9 Å². The van der Waals surface area contributed by atoms with Crippen LogP contribution in [0.3, 0.4) is 0 Å². The molecule has 0 saturated heterocycles. The Kier molecular flexibility index (Phi) is 3.53. The standard InChI is InChI=1S/C12H17BrOS/c1-2-9-5-3-4-7-12(9,14)11-10(13)6-8-15-11/h6,8-9,14H,2-5,7H2,1H3. The van der Waals surface area contributed by atoms with Crippen molar-refractivity contribution in [1.29, 1.82) is 0 Å². The fourth-order valence-corrected chi connectivity index (χ4v) is 4.60. The van der Waals surface area contributed by atoms with Gasteiger partial charge in [0.2, 0.25) is 0 Å². The summed E-state index contributed by atoms with van der Waals surface area (Å²) in [5, 5.41) is 12.9. The second-order valence-electron chi connectivity index (χ2n) is 4.37. The van der Waals surface area contributed by atoms with Crippen molar-refractivity contribution < 1.29 is 5.11 Å². The minimum atomic E-state index is -0.569. The highest BCUT2D eigenvalue weighted by molar-refractivity contribution is 9.10. The Morgan fingerprint density at radius 2 is 2.40 bits per heavy atom. The summed E-state index contributed by atoms with van der Waals surface area (Å²) >= 11 is 5.22. The van der Waals surface area contributed by atoms with Crippen LogP contribution in [-0.2, 0) is 5.60 Å². The summed E-state index contributed by atoms with van der Waals surface area (Å²) in [5.41, 5.74) is -0.569. The van der Waals surface area contributed by atoms with E-state index in [-0.39, 0.29) is 0 Å². The molecule has 15 heavy (non-hydrogen) atoms. The van der Waals surface area contributed by atoms with Crippen LogP contribution < -0.4 is 0 Å². The third kappa shape index (κ3) is 2.02. The first kappa shape index (κ1) is 11.6. The minimum absolute atomic E-state index is 0.432. The van der Waals surface area contributed by atoms with E-state index >= 15 is 0 Å². The van der Waals surface area contributed by atoms with Crippen LogP contribution in [0, 0.1) is 5.92 Å². The maximum absolute atomic E-state index is 10.9. The Morgan fingerprint density at radius 3 is 3.00 bits per heavy atom. The Morgan fingerprint density at radius 1 is 1.60 bits per heavy atom. The van der Waals surface area contributed by atoms with E-state index < -0.39 is 5.60 Å². The molecule has 0 bridgehead atoms. The molecule has 3 heteroatoms. The molecule has 1 aliphatic rings. The first-order valence-corrected chi connectivity index (χ1v) is 7.31. The van der Waals surface area contributed by atoms with E-state index in [1.807, 2.05) is 6.07 Å². The zero-order valence-corrected chi connectivity index (χ0v) is 11.4. The first-order valence-electron chi connectivity index (χ1n) is 5.64. The van der Waals surface area contributed by atoms with E-state index in [4.69, 9.17) is 0 Å². The number of rotatable bonds is 2. The maximum atomic E-state index is 10.9. The third-order valence-corrected chi connectivity index (χ3v) is 5.54. The van der Waals surface area contributed by atoms with Gasteiger partial charge in [-0.3, -0.25) is 0 Å². The van der Waals surface area contributed by atoms with E-state index in [9.17, 15) is 5.11 Å². The molecule has 0 spiro atoms. The van der Waals surface area contributed by atoms with Crippen molar-refractivity contribution >= 4 is 27.3 Å². The predicted octanol–water partition coefficient (Wildman–Crippen LogP) is 4.30. The highest BCUT2D eigenvalue weighted by atomic mass is 79.9. The van der Waals surface area contributed by atoms with E-state index in [0.717, 1.165) is 35.0 Å².